The van der Waals surface area contributed by atoms with Crippen molar-refractivity contribution in [2.45, 2.75) is 52.7 Å². The average Bonchev–Trinajstić information content (AvgIpc) is 2.84. The Kier molecular flexibility index (Phi) is 5.43. The minimum atomic E-state index is -0.299. The molecule has 3 nitrogen and oxygen atoms in total. The van der Waals surface area contributed by atoms with Gasteiger partial charge >= 0.3 is 0 Å². The van der Waals surface area contributed by atoms with Gasteiger partial charge in [-0.2, -0.15) is 0 Å². The average molecular weight is 289 g/mol. The maximum absolute atomic E-state index is 10.2. The standard InChI is InChI=1S/C18H27NO2/c1-5-14(6-2)16(20)11-19-13(4)18-12(3)15-9-7-8-10-17(15)21-18/h7-10,13-14,16,19-20H,5-6,11H2,1-4H3. The van der Waals surface area contributed by atoms with Gasteiger partial charge in [-0.15, -0.1) is 0 Å². The number of rotatable bonds is 7. The monoisotopic (exact) mass is 289 g/mol. The first-order chi connectivity index (χ1) is 10.1. The Morgan fingerprint density at radius 1 is 1.19 bits per heavy atom. The number of aryl methyl sites for hydroxylation is 1. The molecule has 2 N–H and O–H groups in total. The van der Waals surface area contributed by atoms with Crippen molar-refractivity contribution >= 4 is 11.0 Å². The lowest BCUT2D eigenvalue weighted by molar-refractivity contribution is 0.0981. The predicted molar refractivity (Wildman–Crippen MR) is 87.4 cm³/mol. The van der Waals surface area contributed by atoms with Crippen molar-refractivity contribution in [3.05, 3.63) is 35.6 Å². The van der Waals surface area contributed by atoms with Crippen molar-refractivity contribution in [1.29, 1.82) is 0 Å². The molecule has 2 aromatic rings. The molecule has 0 bridgehead atoms. The van der Waals surface area contributed by atoms with Crippen molar-refractivity contribution in [3.8, 4) is 0 Å². The van der Waals surface area contributed by atoms with Crippen LogP contribution < -0.4 is 5.32 Å². The summed E-state index contributed by atoms with van der Waals surface area (Å²) in [6.45, 7) is 9.04. The molecule has 2 unspecified atom stereocenters. The molecule has 0 aliphatic carbocycles. The zero-order valence-corrected chi connectivity index (χ0v) is 13.5. The number of furan rings is 1. The van der Waals surface area contributed by atoms with Gasteiger partial charge in [0.05, 0.1) is 12.1 Å². The highest BCUT2D eigenvalue weighted by Gasteiger charge is 2.19. The summed E-state index contributed by atoms with van der Waals surface area (Å²) in [5.74, 6) is 1.33. The lowest BCUT2D eigenvalue weighted by Gasteiger charge is -2.22. The van der Waals surface area contributed by atoms with E-state index in [9.17, 15) is 5.11 Å². The number of nitrogens with one attached hydrogen (secondary N) is 1. The van der Waals surface area contributed by atoms with Crippen LogP contribution in [0.3, 0.4) is 0 Å². The quantitative estimate of drug-likeness (QED) is 0.803. The molecule has 0 fully saturated rings. The fourth-order valence-electron chi connectivity index (χ4n) is 3.00. The number of aliphatic hydroxyl groups excluding tert-OH is 1. The van der Waals surface area contributed by atoms with Gasteiger partial charge in [0.15, 0.2) is 0 Å². The summed E-state index contributed by atoms with van der Waals surface area (Å²) in [5.41, 5.74) is 2.11. The molecule has 2 rings (SSSR count). The minimum absolute atomic E-state index is 0.0985. The first-order valence-electron chi connectivity index (χ1n) is 7.97. The smallest absolute Gasteiger partial charge is 0.134 e. The highest BCUT2D eigenvalue weighted by molar-refractivity contribution is 5.82. The molecule has 116 valence electrons. The molecular formula is C18H27NO2. The fourth-order valence-corrected chi connectivity index (χ4v) is 3.00. The number of hydrogen-bond acceptors (Lipinski definition) is 3. The summed E-state index contributed by atoms with van der Waals surface area (Å²) in [4.78, 5) is 0. The summed E-state index contributed by atoms with van der Waals surface area (Å²) in [6, 6.07) is 8.20. The molecule has 1 heterocycles. The third-order valence-electron chi connectivity index (χ3n) is 4.50. The first kappa shape index (κ1) is 16.1. The Bertz CT molecular complexity index is 572. The molecule has 0 amide bonds. The SMILES string of the molecule is CCC(CC)C(O)CNC(C)c1oc2ccccc2c1C. The second-order valence-corrected chi connectivity index (χ2v) is 5.86. The van der Waals surface area contributed by atoms with Crippen LogP contribution in [0.15, 0.2) is 28.7 Å². The van der Waals surface area contributed by atoms with Gasteiger partial charge in [0.1, 0.15) is 11.3 Å². The Morgan fingerprint density at radius 3 is 2.48 bits per heavy atom. The minimum Gasteiger partial charge on any atom is -0.459 e. The summed E-state index contributed by atoms with van der Waals surface area (Å²) in [5, 5.41) is 14.8. The Labute approximate surface area is 127 Å². The summed E-state index contributed by atoms with van der Waals surface area (Å²) in [7, 11) is 0. The molecule has 3 heteroatoms. The van der Waals surface area contributed by atoms with Gasteiger partial charge in [0.2, 0.25) is 0 Å². The van der Waals surface area contributed by atoms with Crippen LogP contribution in [-0.2, 0) is 0 Å². The van der Waals surface area contributed by atoms with E-state index in [0.29, 0.717) is 12.5 Å². The number of benzene rings is 1. The summed E-state index contributed by atoms with van der Waals surface area (Å²) in [6.07, 6.45) is 1.72. The van der Waals surface area contributed by atoms with Crippen molar-refractivity contribution in [2.24, 2.45) is 5.92 Å². The Balaban J connectivity index is 2.05. The van der Waals surface area contributed by atoms with Crippen LogP contribution in [0.5, 0.6) is 0 Å². The van der Waals surface area contributed by atoms with Crippen LogP contribution in [0.25, 0.3) is 11.0 Å². The van der Waals surface area contributed by atoms with E-state index in [2.05, 4.69) is 39.1 Å². The van der Waals surface area contributed by atoms with E-state index in [0.717, 1.165) is 24.2 Å². The first-order valence-corrected chi connectivity index (χ1v) is 7.97. The maximum atomic E-state index is 10.2. The van der Waals surface area contributed by atoms with Crippen LogP contribution >= 0.6 is 0 Å². The van der Waals surface area contributed by atoms with E-state index in [1.54, 1.807) is 0 Å². The molecule has 0 saturated carbocycles. The van der Waals surface area contributed by atoms with E-state index in [1.165, 1.54) is 10.9 Å². The number of aliphatic hydroxyl groups is 1. The molecular weight excluding hydrogens is 262 g/mol. The van der Waals surface area contributed by atoms with E-state index < -0.39 is 0 Å². The molecule has 1 aromatic carbocycles. The highest BCUT2D eigenvalue weighted by Crippen LogP contribution is 2.29. The zero-order chi connectivity index (χ0) is 15.4. The lowest BCUT2D eigenvalue weighted by Crippen LogP contribution is -2.34. The van der Waals surface area contributed by atoms with Gasteiger partial charge in [0.25, 0.3) is 0 Å². The van der Waals surface area contributed by atoms with Crippen molar-refractivity contribution in [3.63, 3.8) is 0 Å². The molecule has 0 aliphatic heterocycles. The second-order valence-electron chi connectivity index (χ2n) is 5.86. The topological polar surface area (TPSA) is 45.4 Å². The lowest BCUT2D eigenvalue weighted by atomic mass is 9.96. The van der Waals surface area contributed by atoms with E-state index in [-0.39, 0.29) is 12.1 Å². The second kappa shape index (κ2) is 7.10. The Hall–Kier alpha value is -1.32. The van der Waals surface area contributed by atoms with Gasteiger partial charge in [-0.3, -0.25) is 0 Å². The highest BCUT2D eigenvalue weighted by atomic mass is 16.3. The van der Waals surface area contributed by atoms with Crippen LogP contribution in [-0.4, -0.2) is 17.8 Å². The van der Waals surface area contributed by atoms with Crippen LogP contribution in [0.1, 0.15) is 51.0 Å². The number of fused-ring (bicyclic) bond motifs is 1. The third-order valence-corrected chi connectivity index (χ3v) is 4.50. The molecule has 0 spiro atoms. The van der Waals surface area contributed by atoms with Gasteiger partial charge in [-0.05, 0) is 31.4 Å². The van der Waals surface area contributed by atoms with Crippen molar-refractivity contribution in [1.82, 2.24) is 5.32 Å². The van der Waals surface area contributed by atoms with Gasteiger partial charge in [-0.1, -0.05) is 44.9 Å². The number of hydrogen-bond donors (Lipinski definition) is 2. The zero-order valence-electron chi connectivity index (χ0n) is 13.5. The number of para-hydroxylation sites is 1. The predicted octanol–water partition coefficient (Wildman–Crippen LogP) is 4.19. The van der Waals surface area contributed by atoms with E-state index >= 15 is 0 Å². The molecule has 1 aromatic heterocycles. The van der Waals surface area contributed by atoms with E-state index in [4.69, 9.17) is 4.42 Å². The summed E-state index contributed by atoms with van der Waals surface area (Å²) >= 11 is 0. The van der Waals surface area contributed by atoms with Gasteiger partial charge in [-0.25, -0.2) is 0 Å². The van der Waals surface area contributed by atoms with Crippen LogP contribution in [0.2, 0.25) is 0 Å². The molecule has 0 saturated heterocycles. The largest absolute Gasteiger partial charge is 0.459 e. The molecule has 21 heavy (non-hydrogen) atoms. The maximum Gasteiger partial charge on any atom is 0.134 e. The van der Waals surface area contributed by atoms with Crippen LogP contribution in [0.4, 0.5) is 0 Å². The van der Waals surface area contributed by atoms with Gasteiger partial charge in [0, 0.05) is 11.9 Å². The molecule has 0 radical (unpaired) electrons. The normalized spacial score (nSPS) is 14.8. The fraction of sp³-hybridized carbons (Fsp3) is 0.556. The molecule has 2 atom stereocenters. The van der Waals surface area contributed by atoms with Crippen molar-refractivity contribution in [2.75, 3.05) is 6.54 Å². The van der Waals surface area contributed by atoms with Crippen molar-refractivity contribution < 1.29 is 9.52 Å². The molecule has 0 aliphatic rings. The van der Waals surface area contributed by atoms with Gasteiger partial charge < -0.3 is 14.8 Å². The third kappa shape index (κ3) is 3.47. The summed E-state index contributed by atoms with van der Waals surface area (Å²) < 4.78 is 5.96. The van der Waals surface area contributed by atoms with Crippen LogP contribution in [0, 0.1) is 12.8 Å². The Morgan fingerprint density at radius 2 is 1.86 bits per heavy atom. The van der Waals surface area contributed by atoms with E-state index in [1.807, 2.05) is 18.2 Å².